The predicted octanol–water partition coefficient (Wildman–Crippen LogP) is 6.24. The molecule has 5 nitrogen and oxygen atoms in total. The molecule has 3 N–H and O–H groups in total. The van der Waals surface area contributed by atoms with Gasteiger partial charge in [-0.3, -0.25) is 4.79 Å². The molecule has 0 aliphatic carbocycles. The van der Waals surface area contributed by atoms with Gasteiger partial charge in [0.15, 0.2) is 0 Å². The molecule has 0 rings (SSSR count). The van der Waals surface area contributed by atoms with Gasteiger partial charge in [0.25, 0.3) is 0 Å². The third kappa shape index (κ3) is 44.3. The Morgan fingerprint density at radius 3 is 1.08 bits per heavy atom. The zero-order chi connectivity index (χ0) is 18.5. The minimum absolute atomic E-state index is 0. The van der Waals surface area contributed by atoms with E-state index in [9.17, 15) is 4.79 Å². The minimum Gasteiger partial charge on any atom is -1.00 e. The number of hydrogen-bond acceptors (Lipinski definition) is 2. The summed E-state index contributed by atoms with van der Waals surface area (Å²) in [5, 5.41) is 22.5. The maximum Gasteiger partial charge on any atom is 2.00 e. The Kier molecular flexibility index (Phi) is 40.2. The first-order valence-electron chi connectivity index (χ1n) is 9.64. The molecule has 0 aliphatic rings. The molecule has 0 saturated heterocycles. The molecule has 26 heavy (non-hydrogen) atoms. The molecule has 0 fully saturated rings. The van der Waals surface area contributed by atoms with Crippen LogP contribution in [0.15, 0.2) is 0 Å². The number of aliphatic carboxylic acids is 1. The van der Waals surface area contributed by atoms with Gasteiger partial charge in [-0.25, -0.2) is 4.79 Å². The fourth-order valence-electron chi connectivity index (χ4n) is 2.65. The summed E-state index contributed by atoms with van der Waals surface area (Å²) < 4.78 is 0. The van der Waals surface area contributed by atoms with Crippen LogP contribution >= 0.6 is 0 Å². The molecule has 0 aromatic rings. The van der Waals surface area contributed by atoms with Gasteiger partial charge in [-0.2, -0.15) is 0 Å². The number of rotatable bonds is 16. The second-order valence-corrected chi connectivity index (χ2v) is 6.38. The monoisotopic (exact) mass is 414 g/mol. The van der Waals surface area contributed by atoms with E-state index >= 15 is 0 Å². The number of unbranched alkanes of at least 4 members (excludes halogenated alkanes) is 14. The molecule has 0 amide bonds. The normalized spacial score (nSPS) is 9.27. The maximum atomic E-state index is 10.3. The van der Waals surface area contributed by atoms with Crippen molar-refractivity contribution in [2.45, 2.75) is 110 Å². The smallest absolute Gasteiger partial charge is 1.00 e. The van der Waals surface area contributed by atoms with Crippen LogP contribution in [0.4, 0.5) is 4.79 Å². The van der Waals surface area contributed by atoms with Crippen molar-refractivity contribution >= 4 is 72.9 Å². The van der Waals surface area contributed by atoms with Crippen LogP contribution in [0.2, 0.25) is 0 Å². The Bertz CT molecular complexity index is 304. The Hall–Kier alpha value is 0.766. The van der Waals surface area contributed by atoms with Crippen molar-refractivity contribution in [2.24, 2.45) is 0 Å². The van der Waals surface area contributed by atoms with Crippen molar-refractivity contribution in [2.75, 3.05) is 0 Å². The van der Waals surface area contributed by atoms with E-state index in [1.165, 1.54) is 83.5 Å². The van der Waals surface area contributed by atoms with Crippen LogP contribution in [-0.2, 0) is 4.79 Å². The average molecular weight is 415 g/mol. The summed E-state index contributed by atoms with van der Waals surface area (Å²) in [6.45, 7) is 2.27. The van der Waals surface area contributed by atoms with E-state index in [-0.39, 0.29) is 66.5 Å². The number of hydrogen-bond donors (Lipinski definition) is 3. The molecule has 0 bridgehead atoms. The summed E-state index contributed by atoms with van der Waals surface area (Å²) >= 11 is 0. The second kappa shape index (κ2) is 30.5. The molecule has 7 heteroatoms. The van der Waals surface area contributed by atoms with Crippen LogP contribution in [0.5, 0.6) is 0 Å². The van der Waals surface area contributed by atoms with Crippen LogP contribution in [0.1, 0.15) is 115 Å². The average Bonchev–Trinajstić information content (AvgIpc) is 2.50. The molecule has 0 atom stereocenters. The van der Waals surface area contributed by atoms with Gasteiger partial charge in [-0.1, -0.05) is 96.8 Å². The summed E-state index contributed by atoms with van der Waals surface area (Å²) in [5.41, 5.74) is 0. The van der Waals surface area contributed by atoms with Gasteiger partial charge < -0.3 is 21.0 Å². The van der Waals surface area contributed by atoms with E-state index in [0.29, 0.717) is 6.42 Å². The van der Waals surface area contributed by atoms with Crippen molar-refractivity contribution in [1.82, 2.24) is 0 Å². The molecule has 152 valence electrons. The number of carboxylic acids is 1. The summed E-state index contributed by atoms with van der Waals surface area (Å²) in [6.07, 6.45) is 18.4. The van der Waals surface area contributed by atoms with Gasteiger partial charge in [0.1, 0.15) is 0 Å². The summed E-state index contributed by atoms with van der Waals surface area (Å²) in [5.74, 6) is -0.653. The molecule has 0 saturated carbocycles. The molecule has 0 spiro atoms. The Morgan fingerprint density at radius 2 is 0.846 bits per heavy atom. The van der Waals surface area contributed by atoms with E-state index in [2.05, 4.69) is 6.92 Å². The van der Waals surface area contributed by atoms with Crippen LogP contribution < -0.4 is 0 Å². The standard InChI is InChI=1S/C18H36O2.CH2O3.Ca.Mg.4H/c1-2-3-4-5-6-7-8-9-10-11-12-13-14-15-16-17-18(19)20;2-1(3)4;;;;;;/h2-17H2,1H3,(H,19,20);(H2,2,3,4);;;;;;/q;;2*+2;4*-1. The fourth-order valence-corrected chi connectivity index (χ4v) is 2.65. The third-order valence-corrected chi connectivity index (χ3v) is 3.99. The summed E-state index contributed by atoms with van der Waals surface area (Å²) in [7, 11) is 0. The van der Waals surface area contributed by atoms with Crippen molar-refractivity contribution in [1.29, 1.82) is 0 Å². The SMILES string of the molecule is CCCCCCCCCCCCCCCCCC(=O)O.O=C(O)O.[Ca+2].[H-].[H-].[H-].[H-].[Mg+2]. The van der Waals surface area contributed by atoms with Crippen molar-refractivity contribution in [3.05, 3.63) is 0 Å². The number of carbonyl (C=O) groups is 2. The molecule has 0 radical (unpaired) electrons. The first-order chi connectivity index (χ1) is 11.5. The van der Waals surface area contributed by atoms with Gasteiger partial charge >= 0.3 is 72.9 Å². The van der Waals surface area contributed by atoms with Gasteiger partial charge in [0, 0.05) is 6.42 Å². The summed E-state index contributed by atoms with van der Waals surface area (Å²) in [6, 6.07) is 0. The third-order valence-electron chi connectivity index (χ3n) is 3.99. The van der Waals surface area contributed by atoms with Crippen molar-refractivity contribution < 1.29 is 30.6 Å². The van der Waals surface area contributed by atoms with Gasteiger partial charge in [-0.15, -0.1) is 0 Å². The summed E-state index contributed by atoms with van der Waals surface area (Å²) in [4.78, 5) is 18.9. The molecule has 0 heterocycles. The molecular weight excluding hydrogens is 373 g/mol. The van der Waals surface area contributed by atoms with E-state index in [0.717, 1.165) is 12.8 Å². The zero-order valence-electron chi connectivity index (χ0n) is 20.9. The largest absolute Gasteiger partial charge is 2.00 e. The van der Waals surface area contributed by atoms with E-state index in [4.69, 9.17) is 20.1 Å². The molecule has 0 aromatic carbocycles. The van der Waals surface area contributed by atoms with Crippen molar-refractivity contribution in [3.8, 4) is 0 Å². The second-order valence-electron chi connectivity index (χ2n) is 6.38. The zero-order valence-corrected chi connectivity index (χ0v) is 20.5. The van der Waals surface area contributed by atoms with E-state index < -0.39 is 12.1 Å². The molecular formula is C19H42CaMgO5. The van der Waals surface area contributed by atoms with Gasteiger partial charge in [0.2, 0.25) is 0 Å². The van der Waals surface area contributed by atoms with Gasteiger partial charge in [-0.05, 0) is 6.42 Å². The number of carboxylic acid groups (broad SMARTS) is 3. The van der Waals surface area contributed by atoms with Gasteiger partial charge in [0.05, 0.1) is 0 Å². The topological polar surface area (TPSA) is 94.8 Å². The first kappa shape index (κ1) is 34.3. The van der Waals surface area contributed by atoms with Crippen molar-refractivity contribution in [3.63, 3.8) is 0 Å². The Morgan fingerprint density at radius 1 is 0.615 bits per heavy atom. The minimum atomic E-state index is -1.83. The Labute approximate surface area is 211 Å². The molecule has 0 aliphatic heterocycles. The van der Waals surface area contributed by atoms with E-state index in [1.54, 1.807) is 0 Å². The fraction of sp³-hybridized carbons (Fsp3) is 0.895. The molecule has 0 aromatic heterocycles. The molecule has 0 unspecified atom stereocenters. The first-order valence-corrected chi connectivity index (χ1v) is 9.64. The van der Waals surface area contributed by atoms with Crippen LogP contribution in [-0.4, -0.2) is 88.2 Å². The van der Waals surface area contributed by atoms with Crippen LogP contribution in [0.25, 0.3) is 0 Å². The van der Waals surface area contributed by atoms with Crippen LogP contribution in [0.3, 0.4) is 0 Å². The van der Waals surface area contributed by atoms with E-state index in [1.807, 2.05) is 0 Å². The van der Waals surface area contributed by atoms with Crippen LogP contribution in [0, 0.1) is 0 Å². The predicted molar refractivity (Wildman–Crippen MR) is 114 cm³/mol. The Balaban J connectivity index is -0.0000000739. The maximum absolute atomic E-state index is 10.3. The quantitative estimate of drug-likeness (QED) is 0.205.